The van der Waals surface area contributed by atoms with Crippen LogP contribution in [0.4, 0.5) is 10.1 Å². The van der Waals surface area contributed by atoms with E-state index >= 15 is 0 Å². The summed E-state index contributed by atoms with van der Waals surface area (Å²) in [5, 5.41) is 2.94. The van der Waals surface area contributed by atoms with Gasteiger partial charge in [0.05, 0.1) is 17.9 Å². The highest BCUT2D eigenvalue weighted by Crippen LogP contribution is 2.25. The third-order valence-electron chi connectivity index (χ3n) is 4.88. The molecule has 1 saturated heterocycles. The molecule has 1 heterocycles. The van der Waals surface area contributed by atoms with Gasteiger partial charge in [0.25, 0.3) is 0 Å². The van der Waals surface area contributed by atoms with Gasteiger partial charge in [-0.3, -0.25) is 4.79 Å². The molecule has 136 valence electrons. The molecule has 0 spiro atoms. The van der Waals surface area contributed by atoms with Gasteiger partial charge in [0.1, 0.15) is 5.82 Å². The van der Waals surface area contributed by atoms with E-state index in [1.807, 2.05) is 30.9 Å². The molecule has 0 saturated carbocycles. The van der Waals surface area contributed by atoms with Crippen LogP contribution >= 0.6 is 0 Å². The molecule has 25 heavy (non-hydrogen) atoms. The summed E-state index contributed by atoms with van der Waals surface area (Å²) in [6.45, 7) is 5.75. The van der Waals surface area contributed by atoms with Gasteiger partial charge < -0.3 is 15.0 Å². The highest BCUT2D eigenvalue weighted by atomic mass is 19.1. The zero-order chi connectivity index (χ0) is 17.8. The van der Waals surface area contributed by atoms with Crippen molar-refractivity contribution in [3.05, 3.63) is 41.7 Å². The lowest BCUT2D eigenvalue weighted by atomic mass is 9.93. The van der Waals surface area contributed by atoms with Crippen molar-refractivity contribution in [2.24, 2.45) is 5.92 Å². The maximum absolute atomic E-state index is 14.6. The number of carbonyl (C=O) groups is 1. The molecule has 2 aliphatic rings. The number of allylic oxidation sites excluding steroid dienone is 2. The van der Waals surface area contributed by atoms with Crippen LogP contribution in [-0.2, 0) is 16.1 Å². The number of nitrogens with one attached hydrogen (secondary N) is 1. The quantitative estimate of drug-likeness (QED) is 0.850. The van der Waals surface area contributed by atoms with Gasteiger partial charge in [-0.15, -0.1) is 0 Å². The number of nitrogens with zero attached hydrogens (tertiary/aromatic N) is 1. The number of hydrogen-bond donors (Lipinski definition) is 1. The Kier molecular flexibility index (Phi) is 5.74. The molecule has 0 radical (unpaired) electrons. The van der Waals surface area contributed by atoms with Gasteiger partial charge in [-0.05, 0) is 50.8 Å². The van der Waals surface area contributed by atoms with Gasteiger partial charge in [-0.25, -0.2) is 4.39 Å². The minimum Gasteiger partial charge on any atom is -0.372 e. The maximum atomic E-state index is 14.6. The summed E-state index contributed by atoms with van der Waals surface area (Å²) in [4.78, 5) is 14.2. The van der Waals surface area contributed by atoms with Gasteiger partial charge in [0.15, 0.2) is 0 Å². The standard InChI is InChI=1S/C20H27FN2O2/c1-14-12-23(13-15(2)25-14)19-9-8-16(10-18(19)21)11-22-20(24)17-6-4-3-5-7-17/h3-4,8-10,14-15,17H,5-7,11-13H2,1-2H3,(H,22,24)/t14-,15-,17-/m1/s1. The molecule has 0 aromatic heterocycles. The predicted octanol–water partition coefficient (Wildman–Crippen LogP) is 3.41. The first kappa shape index (κ1) is 17.9. The van der Waals surface area contributed by atoms with E-state index in [4.69, 9.17) is 4.74 Å². The van der Waals surface area contributed by atoms with Crippen molar-refractivity contribution in [2.75, 3.05) is 18.0 Å². The summed E-state index contributed by atoms with van der Waals surface area (Å²) in [6.07, 6.45) is 7.00. The van der Waals surface area contributed by atoms with Crippen LogP contribution in [-0.4, -0.2) is 31.2 Å². The van der Waals surface area contributed by atoms with E-state index in [9.17, 15) is 9.18 Å². The molecule has 1 aromatic rings. The largest absolute Gasteiger partial charge is 0.372 e. The Hall–Kier alpha value is -1.88. The predicted molar refractivity (Wildman–Crippen MR) is 96.9 cm³/mol. The van der Waals surface area contributed by atoms with Crippen LogP contribution in [0.1, 0.15) is 38.7 Å². The molecule has 0 bridgehead atoms. The smallest absolute Gasteiger partial charge is 0.223 e. The van der Waals surface area contributed by atoms with E-state index in [-0.39, 0.29) is 29.9 Å². The third kappa shape index (κ3) is 4.60. The molecule has 1 fully saturated rings. The van der Waals surface area contributed by atoms with E-state index in [0.717, 1.165) is 24.8 Å². The Morgan fingerprint density at radius 2 is 2.04 bits per heavy atom. The molecule has 1 amide bonds. The Bertz CT molecular complexity index is 637. The van der Waals surface area contributed by atoms with Crippen LogP contribution in [0.3, 0.4) is 0 Å². The van der Waals surface area contributed by atoms with Crippen LogP contribution in [0.2, 0.25) is 0 Å². The molecular weight excluding hydrogens is 319 g/mol. The van der Waals surface area contributed by atoms with Crippen LogP contribution in [0, 0.1) is 11.7 Å². The van der Waals surface area contributed by atoms with Crippen LogP contribution in [0.15, 0.2) is 30.4 Å². The number of morpholine rings is 1. The Morgan fingerprint density at radius 3 is 2.68 bits per heavy atom. The first-order chi connectivity index (χ1) is 12.0. The van der Waals surface area contributed by atoms with Crippen LogP contribution < -0.4 is 10.2 Å². The average molecular weight is 346 g/mol. The summed E-state index contributed by atoms with van der Waals surface area (Å²) in [5.74, 6) is -0.135. The first-order valence-corrected chi connectivity index (χ1v) is 9.14. The fourth-order valence-electron chi connectivity index (χ4n) is 3.66. The molecule has 3 rings (SSSR count). The molecular formula is C20H27FN2O2. The zero-order valence-electron chi connectivity index (χ0n) is 15.0. The molecule has 1 aliphatic heterocycles. The maximum Gasteiger partial charge on any atom is 0.223 e. The first-order valence-electron chi connectivity index (χ1n) is 9.14. The highest BCUT2D eigenvalue weighted by molar-refractivity contribution is 5.79. The topological polar surface area (TPSA) is 41.6 Å². The van der Waals surface area contributed by atoms with E-state index < -0.39 is 0 Å². The molecule has 5 heteroatoms. The van der Waals surface area contributed by atoms with Gasteiger partial charge in [0.2, 0.25) is 5.91 Å². The second-order valence-corrected chi connectivity index (χ2v) is 7.15. The van der Waals surface area contributed by atoms with E-state index in [1.54, 1.807) is 0 Å². The number of amides is 1. The minimum atomic E-state index is -0.242. The average Bonchev–Trinajstić information content (AvgIpc) is 2.59. The number of ether oxygens (including phenoxy) is 1. The van der Waals surface area contributed by atoms with E-state index in [0.29, 0.717) is 25.3 Å². The molecule has 1 N–H and O–H groups in total. The Morgan fingerprint density at radius 1 is 1.28 bits per heavy atom. The molecule has 0 unspecified atom stereocenters. The second kappa shape index (κ2) is 8.00. The number of carbonyl (C=O) groups excluding carboxylic acids is 1. The summed E-state index contributed by atoms with van der Waals surface area (Å²) in [6, 6.07) is 5.23. The van der Waals surface area contributed by atoms with Crippen molar-refractivity contribution < 1.29 is 13.9 Å². The molecule has 4 nitrogen and oxygen atoms in total. The van der Waals surface area contributed by atoms with Crippen molar-refractivity contribution in [2.45, 2.75) is 51.9 Å². The fourth-order valence-corrected chi connectivity index (χ4v) is 3.66. The third-order valence-corrected chi connectivity index (χ3v) is 4.88. The summed E-state index contributed by atoms with van der Waals surface area (Å²) < 4.78 is 20.3. The Labute approximate surface area is 149 Å². The van der Waals surface area contributed by atoms with Gasteiger partial charge in [-0.1, -0.05) is 18.2 Å². The van der Waals surface area contributed by atoms with Crippen molar-refractivity contribution in [3.63, 3.8) is 0 Å². The van der Waals surface area contributed by atoms with E-state index in [2.05, 4.69) is 17.5 Å². The monoisotopic (exact) mass is 346 g/mol. The molecule has 1 aliphatic carbocycles. The fraction of sp³-hybridized carbons (Fsp3) is 0.550. The molecule has 1 aromatic carbocycles. The number of benzene rings is 1. The summed E-state index contributed by atoms with van der Waals surface area (Å²) in [7, 11) is 0. The minimum absolute atomic E-state index is 0.0467. The number of halogens is 1. The van der Waals surface area contributed by atoms with Crippen molar-refractivity contribution in [3.8, 4) is 0 Å². The van der Waals surface area contributed by atoms with Crippen LogP contribution in [0.25, 0.3) is 0 Å². The lowest BCUT2D eigenvalue weighted by molar-refractivity contribution is -0.125. The van der Waals surface area contributed by atoms with Gasteiger partial charge in [0, 0.05) is 25.6 Å². The van der Waals surface area contributed by atoms with Crippen molar-refractivity contribution >= 4 is 11.6 Å². The summed E-state index contributed by atoms with van der Waals surface area (Å²) >= 11 is 0. The number of rotatable bonds is 4. The Balaban J connectivity index is 1.60. The second-order valence-electron chi connectivity index (χ2n) is 7.15. The van der Waals surface area contributed by atoms with Crippen LogP contribution in [0.5, 0.6) is 0 Å². The normalized spacial score (nSPS) is 26.5. The van der Waals surface area contributed by atoms with Crippen molar-refractivity contribution in [1.82, 2.24) is 5.32 Å². The van der Waals surface area contributed by atoms with Gasteiger partial charge >= 0.3 is 0 Å². The summed E-state index contributed by atoms with van der Waals surface area (Å²) in [5.41, 5.74) is 1.39. The number of hydrogen-bond acceptors (Lipinski definition) is 3. The SMILES string of the molecule is C[C@@H]1CN(c2ccc(CNC(=O)[C@@H]3CC=CCC3)cc2F)C[C@@H](C)O1. The molecule has 3 atom stereocenters. The van der Waals surface area contributed by atoms with E-state index in [1.165, 1.54) is 6.07 Å². The highest BCUT2D eigenvalue weighted by Gasteiger charge is 2.24. The van der Waals surface area contributed by atoms with Crippen molar-refractivity contribution in [1.29, 1.82) is 0 Å². The lowest BCUT2D eigenvalue weighted by Gasteiger charge is -2.37. The lowest BCUT2D eigenvalue weighted by Crippen LogP contribution is -2.45. The van der Waals surface area contributed by atoms with Gasteiger partial charge in [-0.2, -0.15) is 0 Å². The zero-order valence-corrected chi connectivity index (χ0v) is 15.0. The number of anilines is 1.